The number of unbranched alkanes of at least 4 members (excludes halogenated alkanes) is 36. The smallest absolute Gasteiger partial charge is 0.462 e. The lowest BCUT2D eigenvalue weighted by atomic mass is 10.0. The Morgan fingerprint density at radius 1 is 0.290 bits per heavy atom. The van der Waals surface area contributed by atoms with Crippen LogP contribution in [0, 0.1) is 0 Å². The van der Waals surface area contributed by atoms with Gasteiger partial charge in [-0.2, -0.15) is 0 Å². The summed E-state index contributed by atoms with van der Waals surface area (Å²) in [4.78, 5) is 72.9. The van der Waals surface area contributed by atoms with Crippen molar-refractivity contribution in [3.05, 3.63) is 85.1 Å². The van der Waals surface area contributed by atoms with E-state index in [0.717, 1.165) is 122 Å². The van der Waals surface area contributed by atoms with E-state index in [-0.39, 0.29) is 25.7 Å². The third-order valence-electron chi connectivity index (χ3n) is 16.9. The molecule has 100 heavy (non-hydrogen) atoms. The summed E-state index contributed by atoms with van der Waals surface area (Å²) in [6, 6.07) is 0. The Kier molecular flexibility index (Phi) is 70.8. The normalized spacial score (nSPS) is 14.3. The Morgan fingerprint density at radius 2 is 0.530 bits per heavy atom. The molecule has 580 valence electrons. The summed E-state index contributed by atoms with van der Waals surface area (Å²) in [6.07, 6.45) is 75.7. The van der Waals surface area contributed by atoms with Gasteiger partial charge in [-0.1, -0.05) is 293 Å². The van der Waals surface area contributed by atoms with Crippen molar-refractivity contribution in [1.82, 2.24) is 0 Å². The Balaban J connectivity index is 5.41. The Bertz CT molecular complexity index is 2230. The van der Waals surface area contributed by atoms with Crippen LogP contribution in [0.25, 0.3) is 0 Å². The maximum Gasteiger partial charge on any atom is 0.472 e. The molecule has 19 heteroatoms. The summed E-state index contributed by atoms with van der Waals surface area (Å²) in [5.74, 6) is -2.24. The molecule has 0 aliphatic rings. The highest BCUT2D eigenvalue weighted by Gasteiger charge is 2.30. The number of aliphatic hydroxyl groups excluding tert-OH is 1. The van der Waals surface area contributed by atoms with E-state index in [1.165, 1.54) is 141 Å². The highest BCUT2D eigenvalue weighted by molar-refractivity contribution is 7.47. The highest BCUT2D eigenvalue weighted by atomic mass is 31.2. The fourth-order valence-electron chi connectivity index (χ4n) is 10.7. The number of ether oxygens (including phenoxy) is 4. The van der Waals surface area contributed by atoms with Crippen LogP contribution in [-0.4, -0.2) is 96.7 Å². The number of hydrogen-bond acceptors (Lipinski definition) is 15. The monoisotopic (exact) mass is 1450 g/mol. The Hall–Kier alpha value is -3.76. The number of allylic oxidation sites excluding steroid dienone is 14. The molecule has 0 aromatic heterocycles. The molecule has 2 unspecified atom stereocenters. The predicted octanol–water partition coefficient (Wildman–Crippen LogP) is 23.0. The number of carbonyl (C=O) groups excluding carboxylic acids is 4. The largest absolute Gasteiger partial charge is 0.472 e. The topological polar surface area (TPSA) is 237 Å². The maximum absolute atomic E-state index is 13.1. The zero-order valence-corrected chi connectivity index (χ0v) is 65.2. The minimum absolute atomic E-state index is 0.0189. The third kappa shape index (κ3) is 72.6. The van der Waals surface area contributed by atoms with Gasteiger partial charge in [0.1, 0.15) is 19.3 Å². The first-order chi connectivity index (χ1) is 48.7. The molecular weight excluding hydrogens is 1310 g/mol. The van der Waals surface area contributed by atoms with Gasteiger partial charge in [-0.3, -0.25) is 37.3 Å². The first kappa shape index (κ1) is 96.2. The van der Waals surface area contributed by atoms with Crippen LogP contribution >= 0.6 is 15.6 Å². The third-order valence-corrected chi connectivity index (χ3v) is 18.8. The van der Waals surface area contributed by atoms with E-state index >= 15 is 0 Å². The molecule has 0 saturated heterocycles. The van der Waals surface area contributed by atoms with Gasteiger partial charge in [-0.15, -0.1) is 0 Å². The number of esters is 4. The first-order valence-electron chi connectivity index (χ1n) is 39.8. The van der Waals surface area contributed by atoms with Gasteiger partial charge in [-0.25, -0.2) is 9.13 Å². The maximum atomic E-state index is 13.1. The van der Waals surface area contributed by atoms with E-state index in [1.54, 1.807) is 0 Å². The molecule has 0 spiro atoms. The molecule has 0 amide bonds. The average Bonchev–Trinajstić information content (AvgIpc) is 1.22. The van der Waals surface area contributed by atoms with Crippen molar-refractivity contribution in [3.63, 3.8) is 0 Å². The summed E-state index contributed by atoms with van der Waals surface area (Å²) in [5, 5.41) is 10.6. The van der Waals surface area contributed by atoms with Crippen LogP contribution < -0.4 is 0 Å². The molecule has 5 atom stereocenters. The minimum Gasteiger partial charge on any atom is -0.462 e. The number of hydrogen-bond donors (Lipinski definition) is 3. The number of aliphatic hydroxyl groups is 1. The summed E-state index contributed by atoms with van der Waals surface area (Å²) < 4.78 is 68.5. The second-order valence-electron chi connectivity index (χ2n) is 26.7. The summed E-state index contributed by atoms with van der Waals surface area (Å²) >= 11 is 0. The van der Waals surface area contributed by atoms with Gasteiger partial charge in [0.05, 0.1) is 26.4 Å². The molecular formula is C81H144O17P2. The summed E-state index contributed by atoms with van der Waals surface area (Å²) in [7, 11) is -9.97. The molecule has 0 aliphatic heterocycles. The first-order valence-corrected chi connectivity index (χ1v) is 42.8. The van der Waals surface area contributed by atoms with E-state index in [2.05, 4.69) is 101 Å². The van der Waals surface area contributed by atoms with Crippen LogP contribution in [0.1, 0.15) is 349 Å². The number of phosphoric acid groups is 2. The number of phosphoric ester groups is 2. The highest BCUT2D eigenvalue weighted by Crippen LogP contribution is 2.45. The van der Waals surface area contributed by atoms with E-state index in [1.807, 2.05) is 12.2 Å². The lowest BCUT2D eigenvalue weighted by molar-refractivity contribution is -0.161. The van der Waals surface area contributed by atoms with Crippen LogP contribution in [0.3, 0.4) is 0 Å². The lowest BCUT2D eigenvalue weighted by Crippen LogP contribution is -2.30. The molecule has 0 saturated carbocycles. The van der Waals surface area contributed by atoms with Crippen molar-refractivity contribution < 1.29 is 80.2 Å². The van der Waals surface area contributed by atoms with E-state index in [9.17, 15) is 43.2 Å². The molecule has 3 N–H and O–H groups in total. The van der Waals surface area contributed by atoms with Gasteiger partial charge in [0.25, 0.3) is 0 Å². The SMILES string of the molecule is CCCCC/C=C\C/C=C\C/C=C\C/C=C\CCCC(=O)O[C@H](COC(=O)CCCCCCC/C=C\CCCCCCCC)COP(=O)(O)OC[C@H](O)COP(=O)(O)OC[C@@H](COC(=O)CCCCCCCCCCCCCCC)OC(=O)CCCCCCC/C=C\C=C/CCCCCC. The molecule has 0 radical (unpaired) electrons. The fourth-order valence-corrected chi connectivity index (χ4v) is 12.3. The van der Waals surface area contributed by atoms with Gasteiger partial charge in [0.15, 0.2) is 12.2 Å². The second-order valence-corrected chi connectivity index (χ2v) is 29.6. The molecule has 0 aromatic rings. The van der Waals surface area contributed by atoms with Crippen LogP contribution in [0.5, 0.6) is 0 Å². The van der Waals surface area contributed by atoms with Crippen molar-refractivity contribution in [2.75, 3.05) is 39.6 Å². The van der Waals surface area contributed by atoms with Crippen LogP contribution in [-0.2, 0) is 65.4 Å². The quantitative estimate of drug-likeness (QED) is 0.0128. The minimum atomic E-state index is -4.99. The summed E-state index contributed by atoms with van der Waals surface area (Å²) in [6.45, 7) is 4.78. The van der Waals surface area contributed by atoms with Gasteiger partial charge >= 0.3 is 39.5 Å². The second kappa shape index (κ2) is 73.5. The van der Waals surface area contributed by atoms with Gasteiger partial charge in [-0.05, 0) is 116 Å². The van der Waals surface area contributed by atoms with Gasteiger partial charge < -0.3 is 33.8 Å². The van der Waals surface area contributed by atoms with Crippen molar-refractivity contribution in [1.29, 1.82) is 0 Å². The van der Waals surface area contributed by atoms with Crippen molar-refractivity contribution in [2.45, 2.75) is 367 Å². The van der Waals surface area contributed by atoms with Crippen molar-refractivity contribution in [2.24, 2.45) is 0 Å². The average molecular weight is 1450 g/mol. The molecule has 17 nitrogen and oxygen atoms in total. The molecule has 0 fully saturated rings. The fraction of sp³-hybridized carbons (Fsp3) is 0.778. The lowest BCUT2D eigenvalue weighted by Gasteiger charge is -2.21. The molecule has 0 bridgehead atoms. The van der Waals surface area contributed by atoms with Crippen LogP contribution in [0.2, 0.25) is 0 Å². The van der Waals surface area contributed by atoms with Gasteiger partial charge in [0, 0.05) is 25.7 Å². The molecule has 0 rings (SSSR count). The molecule has 0 heterocycles. The Labute approximate surface area is 608 Å². The number of rotatable bonds is 75. The zero-order chi connectivity index (χ0) is 73.2. The van der Waals surface area contributed by atoms with Crippen LogP contribution in [0.4, 0.5) is 0 Å². The number of carbonyl (C=O) groups is 4. The van der Waals surface area contributed by atoms with Crippen molar-refractivity contribution >= 4 is 39.5 Å². The van der Waals surface area contributed by atoms with Gasteiger partial charge in [0.2, 0.25) is 0 Å². The van der Waals surface area contributed by atoms with E-state index < -0.39 is 97.5 Å². The zero-order valence-electron chi connectivity index (χ0n) is 63.4. The van der Waals surface area contributed by atoms with Crippen molar-refractivity contribution in [3.8, 4) is 0 Å². The standard InChI is InChI=1S/C81H144O17P2/c1-5-9-13-17-21-25-29-33-36-37-40-44-48-52-56-60-64-68-81(86)98-77(72-92-79(84)66-62-58-54-50-46-42-38-34-30-26-22-18-14-10-6-2)74-96-100(89,90)94-70-75(82)69-93-99(87,88)95-73-76(71-91-78(83)65-61-57-53-49-45-41-32-28-24-20-16-12-8-4)97-80(85)67-63-59-55-51-47-43-39-35-31-27-23-19-15-11-7-3/h21,25,27,31,33-36,38-40,44,52,56,75-77,82H,5-20,22-24,26,28-30,32,37,41-43,45-51,53-55,57-74H2,1-4H3,(H,87,88)(H,89,90)/b25-21-,31-27-,36-33-,38-34-,39-35-,44-40-,56-52-/t75-,76-,77-/m1/s1. The Morgan fingerprint density at radius 3 is 0.890 bits per heavy atom. The molecule has 0 aliphatic carbocycles. The molecule has 0 aromatic carbocycles. The van der Waals surface area contributed by atoms with Crippen LogP contribution in [0.15, 0.2) is 85.1 Å². The summed E-state index contributed by atoms with van der Waals surface area (Å²) in [5.41, 5.74) is 0. The van der Waals surface area contributed by atoms with E-state index in [4.69, 9.17) is 37.0 Å². The predicted molar refractivity (Wildman–Crippen MR) is 409 cm³/mol. The van der Waals surface area contributed by atoms with E-state index in [0.29, 0.717) is 32.1 Å².